The van der Waals surface area contributed by atoms with Crippen LogP contribution in [0.1, 0.15) is 11.1 Å². The molecule has 0 bridgehead atoms. The summed E-state index contributed by atoms with van der Waals surface area (Å²) in [6.07, 6.45) is 0.629. The molecule has 0 atom stereocenters. The summed E-state index contributed by atoms with van der Waals surface area (Å²) in [5.74, 6) is -0.253. The standard InChI is InChI=1S/C13H10F/c14-13-9-5-4-8-12(13)10-11-6-2-1-3-7-11/h1-8H,10H2. The molecular weight excluding hydrogens is 175 g/mol. The summed E-state index contributed by atoms with van der Waals surface area (Å²) in [7, 11) is 0. The SMILES string of the molecule is Fc1[c]cccc1Cc1ccccc1. The molecule has 69 valence electrons. The maximum absolute atomic E-state index is 13.2. The van der Waals surface area contributed by atoms with Gasteiger partial charge in [0.1, 0.15) is 5.82 Å². The van der Waals surface area contributed by atoms with Gasteiger partial charge in [0.25, 0.3) is 0 Å². The fourth-order valence-corrected chi connectivity index (χ4v) is 1.40. The zero-order valence-corrected chi connectivity index (χ0v) is 7.70. The topological polar surface area (TPSA) is 0 Å². The van der Waals surface area contributed by atoms with Gasteiger partial charge in [-0.3, -0.25) is 0 Å². The Balaban J connectivity index is 2.24. The van der Waals surface area contributed by atoms with Crippen LogP contribution in [0.3, 0.4) is 0 Å². The number of halogens is 1. The highest BCUT2D eigenvalue weighted by Crippen LogP contribution is 2.11. The molecule has 0 amide bonds. The molecule has 1 heteroatoms. The van der Waals surface area contributed by atoms with Crippen LogP contribution in [0.5, 0.6) is 0 Å². The van der Waals surface area contributed by atoms with Crippen LogP contribution in [0, 0.1) is 11.9 Å². The Morgan fingerprint density at radius 3 is 2.50 bits per heavy atom. The van der Waals surface area contributed by atoms with Crippen LogP contribution in [0.25, 0.3) is 0 Å². The maximum atomic E-state index is 13.2. The highest BCUT2D eigenvalue weighted by atomic mass is 19.1. The molecule has 0 aliphatic rings. The van der Waals surface area contributed by atoms with Crippen molar-refractivity contribution in [3.63, 3.8) is 0 Å². The van der Waals surface area contributed by atoms with Gasteiger partial charge in [-0.05, 0) is 11.1 Å². The Bertz CT molecular complexity index is 407. The third-order valence-electron chi connectivity index (χ3n) is 2.12. The molecule has 0 saturated carbocycles. The maximum Gasteiger partial charge on any atom is 0.134 e. The van der Waals surface area contributed by atoms with Crippen LogP contribution in [0.15, 0.2) is 48.5 Å². The lowest BCUT2D eigenvalue weighted by molar-refractivity contribution is 0.612. The minimum atomic E-state index is -0.253. The number of hydrogen-bond donors (Lipinski definition) is 0. The van der Waals surface area contributed by atoms with Gasteiger partial charge >= 0.3 is 0 Å². The first-order valence-corrected chi connectivity index (χ1v) is 4.55. The van der Waals surface area contributed by atoms with Gasteiger partial charge in [0, 0.05) is 12.5 Å². The van der Waals surface area contributed by atoms with Crippen molar-refractivity contribution in [3.8, 4) is 0 Å². The van der Waals surface area contributed by atoms with E-state index >= 15 is 0 Å². The Kier molecular flexibility index (Phi) is 2.59. The molecule has 2 rings (SSSR count). The van der Waals surface area contributed by atoms with Crippen molar-refractivity contribution in [1.29, 1.82) is 0 Å². The lowest BCUT2D eigenvalue weighted by Gasteiger charge is -2.02. The summed E-state index contributed by atoms with van der Waals surface area (Å²) >= 11 is 0. The second-order valence-corrected chi connectivity index (χ2v) is 3.17. The van der Waals surface area contributed by atoms with Crippen molar-refractivity contribution in [1.82, 2.24) is 0 Å². The molecule has 0 aliphatic heterocycles. The number of hydrogen-bond acceptors (Lipinski definition) is 0. The van der Waals surface area contributed by atoms with Crippen molar-refractivity contribution in [2.24, 2.45) is 0 Å². The second kappa shape index (κ2) is 4.05. The zero-order valence-electron chi connectivity index (χ0n) is 7.70. The summed E-state index contributed by atoms with van der Waals surface area (Å²) in [5, 5.41) is 0. The third-order valence-corrected chi connectivity index (χ3v) is 2.12. The van der Waals surface area contributed by atoms with Gasteiger partial charge in [0.15, 0.2) is 0 Å². The molecule has 14 heavy (non-hydrogen) atoms. The van der Waals surface area contributed by atoms with Crippen LogP contribution < -0.4 is 0 Å². The Labute approximate surface area is 83.0 Å². The van der Waals surface area contributed by atoms with Gasteiger partial charge in [-0.15, -0.1) is 0 Å². The van der Waals surface area contributed by atoms with Gasteiger partial charge < -0.3 is 0 Å². The van der Waals surface area contributed by atoms with E-state index in [1.165, 1.54) is 0 Å². The minimum Gasteiger partial charge on any atom is -0.206 e. The van der Waals surface area contributed by atoms with Gasteiger partial charge in [-0.2, -0.15) is 0 Å². The normalized spacial score (nSPS) is 10.1. The quantitative estimate of drug-likeness (QED) is 0.674. The van der Waals surface area contributed by atoms with E-state index in [1.807, 2.05) is 30.3 Å². The fourth-order valence-electron chi connectivity index (χ4n) is 1.40. The molecule has 0 spiro atoms. The van der Waals surface area contributed by atoms with Crippen molar-refractivity contribution in [2.45, 2.75) is 6.42 Å². The Morgan fingerprint density at radius 1 is 1.00 bits per heavy atom. The summed E-state index contributed by atoms with van der Waals surface area (Å²) in [6.45, 7) is 0. The Morgan fingerprint density at radius 2 is 1.79 bits per heavy atom. The highest BCUT2D eigenvalue weighted by molar-refractivity contribution is 5.26. The van der Waals surface area contributed by atoms with Crippen LogP contribution in [-0.2, 0) is 6.42 Å². The lowest BCUT2D eigenvalue weighted by atomic mass is 10.0. The Hall–Kier alpha value is -1.63. The molecule has 2 aromatic carbocycles. The van der Waals surface area contributed by atoms with E-state index in [2.05, 4.69) is 6.07 Å². The average Bonchev–Trinajstić information content (AvgIpc) is 2.23. The second-order valence-electron chi connectivity index (χ2n) is 3.17. The van der Waals surface area contributed by atoms with E-state index in [-0.39, 0.29) is 5.82 Å². The molecular formula is C13H10F. The van der Waals surface area contributed by atoms with E-state index < -0.39 is 0 Å². The third kappa shape index (κ3) is 1.99. The summed E-state index contributed by atoms with van der Waals surface area (Å²) in [4.78, 5) is 0. The molecule has 1 radical (unpaired) electrons. The first-order valence-electron chi connectivity index (χ1n) is 4.55. The molecule has 2 aromatic rings. The average molecular weight is 185 g/mol. The van der Waals surface area contributed by atoms with Gasteiger partial charge in [-0.25, -0.2) is 4.39 Å². The smallest absolute Gasteiger partial charge is 0.134 e. The molecule has 0 N–H and O–H groups in total. The largest absolute Gasteiger partial charge is 0.206 e. The van der Waals surface area contributed by atoms with E-state index in [0.29, 0.717) is 12.0 Å². The first kappa shape index (κ1) is 8.95. The molecule has 0 saturated heterocycles. The van der Waals surface area contributed by atoms with Crippen molar-refractivity contribution >= 4 is 0 Å². The monoisotopic (exact) mass is 185 g/mol. The lowest BCUT2D eigenvalue weighted by Crippen LogP contribution is -1.91. The molecule has 0 unspecified atom stereocenters. The van der Waals surface area contributed by atoms with Gasteiger partial charge in [-0.1, -0.05) is 48.5 Å². The van der Waals surface area contributed by atoms with Crippen molar-refractivity contribution in [3.05, 3.63) is 71.5 Å². The van der Waals surface area contributed by atoms with E-state index in [9.17, 15) is 4.39 Å². The molecule has 0 aromatic heterocycles. The number of benzene rings is 2. The van der Waals surface area contributed by atoms with E-state index in [0.717, 1.165) is 5.56 Å². The van der Waals surface area contributed by atoms with Gasteiger partial charge in [0.05, 0.1) is 0 Å². The first-order chi connectivity index (χ1) is 6.86. The fraction of sp³-hybridized carbons (Fsp3) is 0.0769. The zero-order chi connectivity index (χ0) is 9.80. The highest BCUT2D eigenvalue weighted by Gasteiger charge is 2.01. The van der Waals surface area contributed by atoms with Crippen LogP contribution in [0.2, 0.25) is 0 Å². The molecule has 0 aliphatic carbocycles. The van der Waals surface area contributed by atoms with Gasteiger partial charge in [0.2, 0.25) is 0 Å². The minimum absolute atomic E-state index is 0.253. The number of rotatable bonds is 2. The molecule has 0 heterocycles. The summed E-state index contributed by atoms with van der Waals surface area (Å²) in [5.41, 5.74) is 1.81. The predicted octanol–water partition coefficient (Wildman–Crippen LogP) is 3.22. The van der Waals surface area contributed by atoms with Crippen molar-refractivity contribution in [2.75, 3.05) is 0 Å². The molecule has 0 nitrogen and oxygen atoms in total. The summed E-state index contributed by atoms with van der Waals surface area (Å²) in [6, 6.07) is 17.6. The van der Waals surface area contributed by atoms with Crippen LogP contribution in [-0.4, -0.2) is 0 Å². The van der Waals surface area contributed by atoms with E-state index in [1.54, 1.807) is 18.2 Å². The van der Waals surface area contributed by atoms with Crippen LogP contribution in [0.4, 0.5) is 4.39 Å². The summed E-state index contributed by atoms with van der Waals surface area (Å²) < 4.78 is 13.2. The predicted molar refractivity (Wildman–Crippen MR) is 54.5 cm³/mol. The van der Waals surface area contributed by atoms with E-state index in [4.69, 9.17) is 0 Å². The van der Waals surface area contributed by atoms with Crippen molar-refractivity contribution < 1.29 is 4.39 Å². The van der Waals surface area contributed by atoms with Crippen LogP contribution >= 0.6 is 0 Å². The molecule has 0 fully saturated rings.